The Balaban J connectivity index is 2.83. The van der Waals surface area contributed by atoms with Crippen LogP contribution in [0.1, 0.15) is 52.9 Å². The minimum absolute atomic E-state index is 0.157. The lowest BCUT2D eigenvalue weighted by atomic mass is 9.76. The summed E-state index contributed by atoms with van der Waals surface area (Å²) in [5.74, 6) is -0.822. The molecule has 1 atom stereocenters. The van der Waals surface area contributed by atoms with Crippen LogP contribution in [0.25, 0.3) is 0 Å². The monoisotopic (exact) mass is 256 g/mol. The van der Waals surface area contributed by atoms with Gasteiger partial charge in [0.2, 0.25) is 0 Å². The fraction of sp³-hybridized carbons (Fsp3) is 0.857. The molecule has 4 heteroatoms. The number of rotatable bonds is 8. The number of carbonyl (C=O) groups excluding carboxylic acids is 1. The molecule has 0 aromatic rings. The zero-order chi connectivity index (χ0) is 13.8. The van der Waals surface area contributed by atoms with E-state index in [9.17, 15) is 14.7 Å². The zero-order valence-corrected chi connectivity index (χ0v) is 11.6. The van der Waals surface area contributed by atoms with Crippen LogP contribution in [0.3, 0.4) is 0 Å². The molecular weight excluding hydrogens is 232 g/mol. The number of carboxylic acids is 1. The van der Waals surface area contributed by atoms with E-state index in [-0.39, 0.29) is 12.5 Å². The molecule has 0 aromatic carbocycles. The quantitative estimate of drug-likeness (QED) is 0.536. The molecule has 1 rings (SSSR count). The molecule has 0 amide bonds. The summed E-state index contributed by atoms with van der Waals surface area (Å²) in [6.45, 7) is 5.82. The highest BCUT2D eigenvalue weighted by molar-refractivity contribution is 5.99. The van der Waals surface area contributed by atoms with Gasteiger partial charge in [-0.1, -0.05) is 26.7 Å². The van der Waals surface area contributed by atoms with Gasteiger partial charge in [0, 0.05) is 0 Å². The van der Waals surface area contributed by atoms with E-state index in [2.05, 4.69) is 0 Å². The van der Waals surface area contributed by atoms with Crippen LogP contribution >= 0.6 is 0 Å². The van der Waals surface area contributed by atoms with Crippen molar-refractivity contribution in [3.63, 3.8) is 0 Å². The Hall–Kier alpha value is -1.06. The van der Waals surface area contributed by atoms with Gasteiger partial charge in [-0.2, -0.15) is 0 Å². The van der Waals surface area contributed by atoms with Crippen LogP contribution in [0.4, 0.5) is 0 Å². The van der Waals surface area contributed by atoms with Crippen LogP contribution in [0.2, 0.25) is 0 Å². The summed E-state index contributed by atoms with van der Waals surface area (Å²) in [6.07, 6.45) is 3.91. The van der Waals surface area contributed by atoms with Crippen molar-refractivity contribution >= 4 is 11.9 Å². The molecule has 4 nitrogen and oxygen atoms in total. The normalized spacial score (nSPS) is 18.4. The summed E-state index contributed by atoms with van der Waals surface area (Å²) in [5.41, 5.74) is -1.34. The second kappa shape index (κ2) is 6.21. The maximum atomic E-state index is 12.1. The third-order valence-electron chi connectivity index (χ3n) is 3.51. The van der Waals surface area contributed by atoms with Crippen LogP contribution in [0.15, 0.2) is 0 Å². The minimum Gasteiger partial charge on any atom is -0.480 e. The third kappa shape index (κ3) is 3.72. The smallest absolute Gasteiger partial charge is 0.323 e. The Bertz CT molecular complexity index is 307. The molecule has 0 bridgehead atoms. The predicted molar refractivity (Wildman–Crippen MR) is 68.1 cm³/mol. The summed E-state index contributed by atoms with van der Waals surface area (Å²) in [5, 5.41) is 9.50. The van der Waals surface area contributed by atoms with Gasteiger partial charge < -0.3 is 9.84 Å². The summed E-state index contributed by atoms with van der Waals surface area (Å²) >= 11 is 0. The highest BCUT2D eigenvalue weighted by Crippen LogP contribution is 2.41. The summed E-state index contributed by atoms with van der Waals surface area (Å²) < 4.78 is 5.00. The molecule has 0 radical (unpaired) electrons. The van der Waals surface area contributed by atoms with Gasteiger partial charge in [0.1, 0.15) is 0 Å². The van der Waals surface area contributed by atoms with Crippen LogP contribution in [-0.4, -0.2) is 23.7 Å². The van der Waals surface area contributed by atoms with Crippen LogP contribution in [0.5, 0.6) is 0 Å². The molecule has 0 spiro atoms. The molecule has 0 saturated heterocycles. The van der Waals surface area contributed by atoms with Gasteiger partial charge in [-0.05, 0) is 38.0 Å². The molecule has 1 aliphatic rings. The van der Waals surface area contributed by atoms with Gasteiger partial charge in [0.15, 0.2) is 5.41 Å². The second-order valence-electron chi connectivity index (χ2n) is 5.69. The Kier molecular flexibility index (Phi) is 5.17. The number of carbonyl (C=O) groups is 2. The largest absolute Gasteiger partial charge is 0.480 e. The van der Waals surface area contributed by atoms with E-state index in [1.54, 1.807) is 6.92 Å². The molecule has 18 heavy (non-hydrogen) atoms. The SMILES string of the molecule is CCOC(=O)C(CCC1CC1)(CC(C)C)C(=O)O. The van der Waals surface area contributed by atoms with E-state index in [4.69, 9.17) is 4.74 Å². The molecule has 1 N–H and O–H groups in total. The Labute approximate surface area is 109 Å². The van der Waals surface area contributed by atoms with E-state index >= 15 is 0 Å². The molecule has 0 aromatic heterocycles. The number of aliphatic carboxylic acids is 1. The van der Waals surface area contributed by atoms with Crippen LogP contribution < -0.4 is 0 Å². The van der Waals surface area contributed by atoms with Crippen molar-refractivity contribution in [1.29, 1.82) is 0 Å². The van der Waals surface area contributed by atoms with E-state index in [1.165, 1.54) is 12.8 Å². The van der Waals surface area contributed by atoms with Gasteiger partial charge in [0.05, 0.1) is 6.61 Å². The number of esters is 1. The lowest BCUT2D eigenvalue weighted by Crippen LogP contribution is -2.42. The molecule has 0 aliphatic heterocycles. The standard InChI is InChI=1S/C14H24O4/c1-4-18-13(17)14(12(15)16,9-10(2)3)8-7-11-5-6-11/h10-11H,4-9H2,1-3H3,(H,15,16). The molecule has 1 aliphatic carbocycles. The zero-order valence-electron chi connectivity index (χ0n) is 11.6. The van der Waals surface area contributed by atoms with E-state index in [1.807, 2.05) is 13.8 Å². The lowest BCUT2D eigenvalue weighted by Gasteiger charge is -2.28. The van der Waals surface area contributed by atoms with E-state index in [0.717, 1.165) is 6.42 Å². The van der Waals surface area contributed by atoms with Gasteiger partial charge in [0.25, 0.3) is 0 Å². The summed E-state index contributed by atoms with van der Waals surface area (Å²) in [4.78, 5) is 23.7. The molecular formula is C14H24O4. The fourth-order valence-electron chi connectivity index (χ4n) is 2.39. The first-order chi connectivity index (χ1) is 8.42. The van der Waals surface area contributed by atoms with Gasteiger partial charge in [-0.3, -0.25) is 9.59 Å². The van der Waals surface area contributed by atoms with Crippen LogP contribution in [0, 0.1) is 17.3 Å². The Morgan fingerprint density at radius 1 is 1.39 bits per heavy atom. The van der Waals surface area contributed by atoms with Crippen molar-refractivity contribution in [2.45, 2.75) is 52.9 Å². The third-order valence-corrected chi connectivity index (χ3v) is 3.51. The average molecular weight is 256 g/mol. The lowest BCUT2D eigenvalue weighted by molar-refractivity contribution is -0.170. The molecule has 1 unspecified atom stereocenters. The Morgan fingerprint density at radius 3 is 2.39 bits per heavy atom. The van der Waals surface area contributed by atoms with Crippen molar-refractivity contribution in [3.8, 4) is 0 Å². The highest BCUT2D eigenvalue weighted by atomic mass is 16.5. The number of carboxylic acid groups (broad SMARTS) is 1. The average Bonchev–Trinajstić information content (AvgIpc) is 3.07. The first-order valence-electron chi connectivity index (χ1n) is 6.83. The van der Waals surface area contributed by atoms with Crippen molar-refractivity contribution < 1.29 is 19.4 Å². The number of hydrogen-bond acceptors (Lipinski definition) is 3. The summed E-state index contributed by atoms with van der Waals surface area (Å²) in [6, 6.07) is 0. The molecule has 104 valence electrons. The Morgan fingerprint density at radius 2 is 2.00 bits per heavy atom. The van der Waals surface area contributed by atoms with Gasteiger partial charge >= 0.3 is 11.9 Å². The first kappa shape index (κ1) is 15.0. The van der Waals surface area contributed by atoms with Crippen molar-refractivity contribution in [2.24, 2.45) is 17.3 Å². The fourth-order valence-corrected chi connectivity index (χ4v) is 2.39. The van der Waals surface area contributed by atoms with E-state index in [0.29, 0.717) is 18.8 Å². The first-order valence-corrected chi connectivity index (χ1v) is 6.83. The highest BCUT2D eigenvalue weighted by Gasteiger charge is 2.48. The molecule has 0 heterocycles. The van der Waals surface area contributed by atoms with Gasteiger partial charge in [-0.25, -0.2) is 0 Å². The second-order valence-corrected chi connectivity index (χ2v) is 5.69. The summed E-state index contributed by atoms with van der Waals surface area (Å²) in [7, 11) is 0. The van der Waals surface area contributed by atoms with Crippen molar-refractivity contribution in [1.82, 2.24) is 0 Å². The van der Waals surface area contributed by atoms with E-state index < -0.39 is 17.4 Å². The topological polar surface area (TPSA) is 63.6 Å². The molecule has 1 saturated carbocycles. The maximum Gasteiger partial charge on any atom is 0.323 e. The minimum atomic E-state index is -1.34. The molecule has 1 fully saturated rings. The number of hydrogen-bond donors (Lipinski definition) is 1. The maximum absolute atomic E-state index is 12.1. The van der Waals surface area contributed by atoms with Crippen molar-refractivity contribution in [3.05, 3.63) is 0 Å². The van der Waals surface area contributed by atoms with Gasteiger partial charge in [-0.15, -0.1) is 0 Å². The number of ether oxygens (including phenoxy) is 1. The van der Waals surface area contributed by atoms with Crippen molar-refractivity contribution in [2.75, 3.05) is 6.61 Å². The predicted octanol–water partition coefficient (Wildman–Crippen LogP) is 2.86. The van der Waals surface area contributed by atoms with Crippen LogP contribution in [-0.2, 0) is 14.3 Å².